The lowest BCUT2D eigenvalue weighted by Crippen LogP contribution is -2.26. The maximum absolute atomic E-state index is 11.6. The summed E-state index contributed by atoms with van der Waals surface area (Å²) in [4.78, 5) is 23.0. The second-order valence-corrected chi connectivity index (χ2v) is 9.83. The Hall–Kier alpha value is -1.85. The van der Waals surface area contributed by atoms with E-state index >= 15 is 0 Å². The van der Waals surface area contributed by atoms with Crippen molar-refractivity contribution in [2.24, 2.45) is 11.3 Å². The number of hydrogen-bond acceptors (Lipinski definition) is 5. The van der Waals surface area contributed by atoms with Crippen LogP contribution < -0.4 is 0 Å². The first-order valence-corrected chi connectivity index (χ1v) is 10.5. The monoisotopic (exact) mass is 391 g/mol. The van der Waals surface area contributed by atoms with E-state index in [1.54, 1.807) is 0 Å². The second-order valence-electron chi connectivity index (χ2n) is 9.83. The standard InChI is InChI=1S/C22H33NO5/c1-22(2,3)12-13-9-16(10-13)21-19(14-5-6-14)20(23-28-21)15(11-17(24)25)7-8-18(26)27-4/h13-16H,5-12H2,1-4H3,(H,24,25). The van der Waals surface area contributed by atoms with Crippen LogP contribution in [0.3, 0.4) is 0 Å². The van der Waals surface area contributed by atoms with Crippen molar-refractivity contribution in [2.45, 2.75) is 89.9 Å². The summed E-state index contributed by atoms with van der Waals surface area (Å²) in [6.45, 7) is 6.83. The summed E-state index contributed by atoms with van der Waals surface area (Å²) >= 11 is 0. The first-order valence-electron chi connectivity index (χ1n) is 10.5. The fourth-order valence-corrected chi connectivity index (χ4v) is 4.62. The number of nitrogens with zero attached hydrogens (tertiary/aromatic N) is 1. The molecular formula is C22H33NO5. The summed E-state index contributed by atoms with van der Waals surface area (Å²) in [5.41, 5.74) is 2.25. The lowest BCUT2D eigenvalue weighted by molar-refractivity contribution is -0.142. The Morgan fingerprint density at radius 1 is 1.25 bits per heavy atom. The molecule has 1 aromatic rings. The SMILES string of the molecule is COC(=O)CCC(CC(=O)O)c1noc(C2CC(CC(C)(C)C)C2)c1C1CC1. The minimum Gasteiger partial charge on any atom is -0.481 e. The van der Waals surface area contributed by atoms with Crippen LogP contribution in [-0.4, -0.2) is 29.3 Å². The average molecular weight is 392 g/mol. The molecule has 2 fully saturated rings. The molecule has 0 aliphatic heterocycles. The van der Waals surface area contributed by atoms with Crippen molar-refractivity contribution in [1.82, 2.24) is 5.16 Å². The zero-order chi connectivity index (χ0) is 20.5. The van der Waals surface area contributed by atoms with Crippen LogP contribution in [-0.2, 0) is 14.3 Å². The molecule has 1 unspecified atom stereocenters. The summed E-state index contributed by atoms with van der Waals surface area (Å²) in [6, 6.07) is 0. The number of esters is 1. The van der Waals surface area contributed by atoms with Gasteiger partial charge in [0, 0.05) is 23.8 Å². The van der Waals surface area contributed by atoms with Crippen molar-refractivity contribution in [2.75, 3.05) is 7.11 Å². The van der Waals surface area contributed by atoms with Crippen LogP contribution in [0.5, 0.6) is 0 Å². The van der Waals surface area contributed by atoms with Crippen LogP contribution >= 0.6 is 0 Å². The highest BCUT2D eigenvalue weighted by atomic mass is 16.5. The van der Waals surface area contributed by atoms with E-state index in [1.165, 1.54) is 13.5 Å². The van der Waals surface area contributed by atoms with Crippen molar-refractivity contribution in [3.63, 3.8) is 0 Å². The van der Waals surface area contributed by atoms with E-state index < -0.39 is 5.97 Å². The molecule has 3 rings (SSSR count). The molecule has 0 spiro atoms. The van der Waals surface area contributed by atoms with E-state index in [4.69, 9.17) is 9.26 Å². The Bertz CT molecular complexity index is 707. The summed E-state index contributed by atoms with van der Waals surface area (Å²) in [7, 11) is 1.35. The molecule has 6 nitrogen and oxygen atoms in total. The fourth-order valence-electron chi connectivity index (χ4n) is 4.62. The van der Waals surface area contributed by atoms with Gasteiger partial charge in [-0.1, -0.05) is 25.9 Å². The molecule has 0 bridgehead atoms. The van der Waals surface area contributed by atoms with E-state index in [-0.39, 0.29) is 24.7 Å². The smallest absolute Gasteiger partial charge is 0.305 e. The van der Waals surface area contributed by atoms with Crippen molar-refractivity contribution in [3.05, 3.63) is 17.0 Å². The number of carbonyl (C=O) groups is 2. The van der Waals surface area contributed by atoms with Crippen LogP contribution in [0.25, 0.3) is 0 Å². The molecule has 1 heterocycles. The van der Waals surface area contributed by atoms with Crippen LogP contribution in [0, 0.1) is 11.3 Å². The van der Waals surface area contributed by atoms with Gasteiger partial charge < -0.3 is 14.4 Å². The van der Waals surface area contributed by atoms with Crippen molar-refractivity contribution >= 4 is 11.9 Å². The van der Waals surface area contributed by atoms with Gasteiger partial charge in [-0.05, 0) is 55.8 Å². The van der Waals surface area contributed by atoms with Gasteiger partial charge in [-0.25, -0.2) is 0 Å². The maximum atomic E-state index is 11.6. The normalized spacial score (nSPS) is 23.1. The minimum atomic E-state index is -0.880. The van der Waals surface area contributed by atoms with E-state index in [0.717, 1.165) is 48.6 Å². The molecule has 1 aromatic heterocycles. The van der Waals surface area contributed by atoms with E-state index in [2.05, 4.69) is 25.9 Å². The topological polar surface area (TPSA) is 89.6 Å². The molecule has 6 heteroatoms. The Morgan fingerprint density at radius 2 is 1.93 bits per heavy atom. The predicted octanol–water partition coefficient (Wildman–Crippen LogP) is 4.99. The largest absolute Gasteiger partial charge is 0.481 e. The van der Waals surface area contributed by atoms with Crippen molar-refractivity contribution in [3.8, 4) is 0 Å². The van der Waals surface area contributed by atoms with Gasteiger partial charge in [0.25, 0.3) is 0 Å². The van der Waals surface area contributed by atoms with Crippen molar-refractivity contribution in [1.29, 1.82) is 0 Å². The highest BCUT2D eigenvalue weighted by molar-refractivity contribution is 5.70. The third kappa shape index (κ3) is 5.15. The first kappa shape index (κ1) is 20.9. The Balaban J connectivity index is 1.76. The molecular weight excluding hydrogens is 358 g/mol. The highest BCUT2D eigenvalue weighted by Crippen LogP contribution is 2.53. The van der Waals surface area contributed by atoms with Gasteiger partial charge in [0.1, 0.15) is 5.76 Å². The van der Waals surface area contributed by atoms with Gasteiger partial charge in [0.15, 0.2) is 0 Å². The Morgan fingerprint density at radius 3 is 2.46 bits per heavy atom. The van der Waals surface area contributed by atoms with Crippen LogP contribution in [0.4, 0.5) is 0 Å². The molecule has 0 radical (unpaired) electrons. The molecule has 0 amide bonds. The van der Waals surface area contributed by atoms with Gasteiger partial charge in [-0.3, -0.25) is 9.59 Å². The number of aliphatic carboxylic acids is 1. The van der Waals surface area contributed by atoms with Crippen LogP contribution in [0.1, 0.15) is 107 Å². The summed E-state index contributed by atoms with van der Waals surface area (Å²) in [5, 5.41) is 13.7. The number of carboxylic acids is 1. The molecule has 2 saturated carbocycles. The van der Waals surface area contributed by atoms with Gasteiger partial charge in [-0.2, -0.15) is 0 Å². The van der Waals surface area contributed by atoms with E-state index in [0.29, 0.717) is 23.7 Å². The number of aromatic nitrogens is 1. The molecule has 28 heavy (non-hydrogen) atoms. The van der Waals surface area contributed by atoms with Gasteiger partial charge in [0.2, 0.25) is 0 Å². The first-order chi connectivity index (χ1) is 13.2. The predicted molar refractivity (Wildman–Crippen MR) is 104 cm³/mol. The van der Waals surface area contributed by atoms with E-state index in [1.807, 2.05) is 0 Å². The highest BCUT2D eigenvalue weighted by Gasteiger charge is 2.42. The number of carboxylic acid groups (broad SMARTS) is 1. The zero-order valence-corrected chi connectivity index (χ0v) is 17.5. The summed E-state index contributed by atoms with van der Waals surface area (Å²) in [6.07, 6.45) is 6.24. The quantitative estimate of drug-likeness (QED) is 0.596. The molecule has 1 atom stereocenters. The maximum Gasteiger partial charge on any atom is 0.305 e. The Labute approximate surface area is 167 Å². The van der Waals surface area contributed by atoms with Gasteiger partial charge in [-0.15, -0.1) is 0 Å². The van der Waals surface area contributed by atoms with Gasteiger partial charge in [0.05, 0.1) is 19.2 Å². The third-order valence-electron chi connectivity index (χ3n) is 6.01. The number of ether oxygens (including phenoxy) is 1. The van der Waals surface area contributed by atoms with Crippen molar-refractivity contribution < 1.29 is 24.0 Å². The zero-order valence-electron chi connectivity index (χ0n) is 17.5. The van der Waals surface area contributed by atoms with Gasteiger partial charge >= 0.3 is 11.9 Å². The Kier molecular flexibility index (Phi) is 6.15. The lowest BCUT2D eigenvalue weighted by Gasteiger charge is -2.38. The molecule has 156 valence electrons. The minimum absolute atomic E-state index is 0.0417. The number of methoxy groups -OCH3 is 1. The third-order valence-corrected chi connectivity index (χ3v) is 6.01. The number of rotatable bonds is 9. The average Bonchev–Trinajstić information content (AvgIpc) is 3.32. The van der Waals surface area contributed by atoms with Crippen LogP contribution in [0.15, 0.2) is 4.52 Å². The fraction of sp³-hybridized carbons (Fsp3) is 0.773. The second kappa shape index (κ2) is 8.26. The van der Waals surface area contributed by atoms with E-state index in [9.17, 15) is 14.7 Å². The molecule has 2 aliphatic rings. The molecule has 2 aliphatic carbocycles. The number of hydrogen-bond donors (Lipinski definition) is 1. The summed E-state index contributed by atoms with van der Waals surface area (Å²) < 4.78 is 10.5. The van der Waals surface area contributed by atoms with Crippen LogP contribution in [0.2, 0.25) is 0 Å². The molecule has 0 aromatic carbocycles. The molecule has 1 N–H and O–H groups in total. The lowest BCUT2D eigenvalue weighted by atomic mass is 9.66. The summed E-state index contributed by atoms with van der Waals surface area (Å²) in [5.74, 6) is 1.03. The molecule has 0 saturated heterocycles. The number of carbonyl (C=O) groups excluding carboxylic acids is 1.